The standard InChI is InChI=1S/C14H21N3O2/c1-2-16-13-4-6-15-9-12(13)14(18)17-7-3-11-5-8-19-10-11/h4,6,9,11H,2-3,5,7-8,10H2,1H3,(H,15,16)(H,17,18). The summed E-state index contributed by atoms with van der Waals surface area (Å²) in [6.45, 7) is 5.15. The molecular formula is C14H21N3O2. The van der Waals surface area contributed by atoms with Crippen LogP contribution in [-0.4, -0.2) is 37.2 Å². The smallest absolute Gasteiger partial charge is 0.254 e. The van der Waals surface area contributed by atoms with Gasteiger partial charge in [-0.1, -0.05) is 0 Å². The molecule has 1 aliphatic rings. The molecule has 2 heterocycles. The number of carbonyl (C=O) groups is 1. The van der Waals surface area contributed by atoms with Gasteiger partial charge in [0.05, 0.1) is 11.3 Å². The average Bonchev–Trinajstić information content (AvgIpc) is 2.93. The Morgan fingerprint density at radius 1 is 1.58 bits per heavy atom. The van der Waals surface area contributed by atoms with E-state index in [2.05, 4.69) is 15.6 Å². The lowest BCUT2D eigenvalue weighted by Gasteiger charge is -2.11. The number of hydrogen-bond donors (Lipinski definition) is 2. The summed E-state index contributed by atoms with van der Waals surface area (Å²) in [5.74, 6) is 0.519. The van der Waals surface area contributed by atoms with Crippen molar-refractivity contribution in [1.82, 2.24) is 10.3 Å². The van der Waals surface area contributed by atoms with Crippen LogP contribution in [0, 0.1) is 5.92 Å². The third kappa shape index (κ3) is 3.92. The van der Waals surface area contributed by atoms with Crippen LogP contribution in [0.15, 0.2) is 18.5 Å². The van der Waals surface area contributed by atoms with Crippen molar-refractivity contribution in [3.8, 4) is 0 Å². The van der Waals surface area contributed by atoms with Gasteiger partial charge >= 0.3 is 0 Å². The highest BCUT2D eigenvalue weighted by molar-refractivity contribution is 5.99. The Morgan fingerprint density at radius 3 is 3.21 bits per heavy atom. The molecule has 0 aliphatic carbocycles. The van der Waals surface area contributed by atoms with Crippen molar-refractivity contribution in [3.63, 3.8) is 0 Å². The van der Waals surface area contributed by atoms with Gasteiger partial charge in [0, 0.05) is 38.7 Å². The second kappa shape index (κ2) is 7.09. The molecule has 2 rings (SSSR count). The second-order valence-electron chi connectivity index (χ2n) is 4.73. The lowest BCUT2D eigenvalue weighted by Crippen LogP contribution is -2.27. The Balaban J connectivity index is 1.84. The van der Waals surface area contributed by atoms with Gasteiger partial charge in [-0.2, -0.15) is 0 Å². The summed E-state index contributed by atoms with van der Waals surface area (Å²) < 4.78 is 5.32. The number of hydrogen-bond acceptors (Lipinski definition) is 4. The van der Waals surface area contributed by atoms with E-state index >= 15 is 0 Å². The van der Waals surface area contributed by atoms with Crippen LogP contribution in [0.1, 0.15) is 30.1 Å². The van der Waals surface area contributed by atoms with Crippen LogP contribution in [0.25, 0.3) is 0 Å². The quantitative estimate of drug-likeness (QED) is 0.819. The number of nitrogens with zero attached hydrogens (tertiary/aromatic N) is 1. The van der Waals surface area contributed by atoms with E-state index < -0.39 is 0 Å². The van der Waals surface area contributed by atoms with E-state index in [4.69, 9.17) is 4.74 Å². The number of anilines is 1. The minimum atomic E-state index is -0.0667. The van der Waals surface area contributed by atoms with Crippen molar-refractivity contribution >= 4 is 11.6 Å². The molecule has 1 aromatic rings. The Morgan fingerprint density at radius 2 is 2.47 bits per heavy atom. The molecule has 0 spiro atoms. The largest absolute Gasteiger partial charge is 0.385 e. The van der Waals surface area contributed by atoms with Crippen LogP contribution in [0.2, 0.25) is 0 Å². The summed E-state index contributed by atoms with van der Waals surface area (Å²) in [7, 11) is 0. The first kappa shape index (κ1) is 13.8. The number of rotatable bonds is 6. The molecule has 5 nitrogen and oxygen atoms in total. The van der Waals surface area contributed by atoms with Crippen molar-refractivity contribution in [1.29, 1.82) is 0 Å². The van der Waals surface area contributed by atoms with Crippen LogP contribution >= 0.6 is 0 Å². The van der Waals surface area contributed by atoms with Gasteiger partial charge in [-0.3, -0.25) is 9.78 Å². The van der Waals surface area contributed by atoms with Crippen molar-refractivity contribution in [2.45, 2.75) is 19.8 Å². The molecule has 1 aromatic heterocycles. The summed E-state index contributed by atoms with van der Waals surface area (Å²) in [4.78, 5) is 16.1. The van der Waals surface area contributed by atoms with Crippen molar-refractivity contribution in [2.24, 2.45) is 5.92 Å². The van der Waals surface area contributed by atoms with Crippen LogP contribution in [0.3, 0.4) is 0 Å². The van der Waals surface area contributed by atoms with E-state index in [0.717, 1.165) is 38.3 Å². The van der Waals surface area contributed by atoms with Gasteiger partial charge in [-0.25, -0.2) is 0 Å². The summed E-state index contributed by atoms with van der Waals surface area (Å²) in [5.41, 5.74) is 1.44. The van der Waals surface area contributed by atoms with E-state index in [-0.39, 0.29) is 5.91 Å². The SMILES string of the molecule is CCNc1ccncc1C(=O)NCCC1CCOC1. The average molecular weight is 263 g/mol. The fourth-order valence-electron chi connectivity index (χ4n) is 2.22. The maximum absolute atomic E-state index is 12.1. The number of carbonyl (C=O) groups excluding carboxylic acids is 1. The molecule has 2 N–H and O–H groups in total. The molecule has 0 aromatic carbocycles. The zero-order valence-corrected chi connectivity index (χ0v) is 11.3. The van der Waals surface area contributed by atoms with E-state index in [0.29, 0.717) is 18.0 Å². The zero-order chi connectivity index (χ0) is 13.5. The lowest BCUT2D eigenvalue weighted by atomic mass is 10.1. The molecule has 0 saturated carbocycles. The third-order valence-corrected chi connectivity index (χ3v) is 3.30. The Hall–Kier alpha value is -1.62. The first-order chi connectivity index (χ1) is 9.31. The number of ether oxygens (including phenoxy) is 1. The van der Waals surface area contributed by atoms with Crippen LogP contribution in [-0.2, 0) is 4.74 Å². The molecule has 1 saturated heterocycles. The van der Waals surface area contributed by atoms with Gasteiger partial charge in [0.2, 0.25) is 0 Å². The predicted molar refractivity (Wildman–Crippen MR) is 74.3 cm³/mol. The topological polar surface area (TPSA) is 63.2 Å². The molecule has 1 amide bonds. The Bertz CT molecular complexity index is 417. The molecule has 19 heavy (non-hydrogen) atoms. The minimum Gasteiger partial charge on any atom is -0.385 e. The monoisotopic (exact) mass is 263 g/mol. The van der Waals surface area contributed by atoms with E-state index in [1.165, 1.54) is 0 Å². The normalized spacial score (nSPS) is 18.3. The fourth-order valence-corrected chi connectivity index (χ4v) is 2.22. The van der Waals surface area contributed by atoms with Crippen molar-refractivity contribution in [2.75, 3.05) is 31.6 Å². The Labute approximate surface area is 113 Å². The molecule has 5 heteroatoms. The van der Waals surface area contributed by atoms with Crippen molar-refractivity contribution in [3.05, 3.63) is 24.0 Å². The highest BCUT2D eigenvalue weighted by Gasteiger charge is 2.16. The third-order valence-electron chi connectivity index (χ3n) is 3.30. The van der Waals surface area contributed by atoms with Gasteiger partial charge in [0.25, 0.3) is 5.91 Å². The maximum Gasteiger partial charge on any atom is 0.254 e. The number of aromatic nitrogens is 1. The van der Waals surface area contributed by atoms with E-state index in [1.807, 2.05) is 13.0 Å². The first-order valence-electron chi connectivity index (χ1n) is 6.85. The zero-order valence-electron chi connectivity index (χ0n) is 11.3. The molecule has 104 valence electrons. The summed E-state index contributed by atoms with van der Waals surface area (Å²) in [5, 5.41) is 6.12. The molecule has 1 atom stereocenters. The van der Waals surface area contributed by atoms with E-state index in [9.17, 15) is 4.79 Å². The molecule has 1 aliphatic heterocycles. The summed E-state index contributed by atoms with van der Waals surface area (Å²) >= 11 is 0. The molecule has 1 fully saturated rings. The molecular weight excluding hydrogens is 242 g/mol. The maximum atomic E-state index is 12.1. The second-order valence-corrected chi connectivity index (χ2v) is 4.73. The van der Waals surface area contributed by atoms with Crippen LogP contribution in [0.5, 0.6) is 0 Å². The van der Waals surface area contributed by atoms with Gasteiger partial charge < -0.3 is 15.4 Å². The predicted octanol–water partition coefficient (Wildman–Crippen LogP) is 1.67. The lowest BCUT2D eigenvalue weighted by molar-refractivity contribution is 0.0951. The van der Waals surface area contributed by atoms with Gasteiger partial charge in [-0.15, -0.1) is 0 Å². The molecule has 0 radical (unpaired) electrons. The van der Waals surface area contributed by atoms with Crippen molar-refractivity contribution < 1.29 is 9.53 Å². The molecule has 0 bridgehead atoms. The first-order valence-corrected chi connectivity index (χ1v) is 6.85. The minimum absolute atomic E-state index is 0.0667. The summed E-state index contributed by atoms with van der Waals surface area (Å²) in [6.07, 6.45) is 5.37. The Kier molecular flexibility index (Phi) is 5.15. The van der Waals surface area contributed by atoms with Crippen LogP contribution < -0.4 is 10.6 Å². The van der Waals surface area contributed by atoms with Gasteiger partial charge in [-0.05, 0) is 31.7 Å². The fraction of sp³-hybridized carbons (Fsp3) is 0.571. The number of amides is 1. The highest BCUT2D eigenvalue weighted by atomic mass is 16.5. The number of pyridine rings is 1. The van der Waals surface area contributed by atoms with Gasteiger partial charge in [0.1, 0.15) is 0 Å². The number of nitrogens with one attached hydrogen (secondary N) is 2. The molecule has 1 unspecified atom stereocenters. The summed E-state index contributed by atoms with van der Waals surface area (Å²) in [6, 6.07) is 1.82. The van der Waals surface area contributed by atoms with Crippen LogP contribution in [0.4, 0.5) is 5.69 Å². The highest BCUT2D eigenvalue weighted by Crippen LogP contribution is 2.16. The van der Waals surface area contributed by atoms with Gasteiger partial charge in [0.15, 0.2) is 0 Å². The van der Waals surface area contributed by atoms with E-state index in [1.54, 1.807) is 12.4 Å².